The summed E-state index contributed by atoms with van der Waals surface area (Å²) in [5, 5.41) is 2.97. The molecule has 0 aliphatic carbocycles. The molecule has 1 heterocycles. The summed E-state index contributed by atoms with van der Waals surface area (Å²) >= 11 is 0. The summed E-state index contributed by atoms with van der Waals surface area (Å²) in [4.78, 5) is 17.5. The monoisotopic (exact) mass is 445 g/mol. The van der Waals surface area contributed by atoms with Gasteiger partial charge >= 0.3 is 0 Å². The van der Waals surface area contributed by atoms with E-state index < -0.39 is 0 Å². The predicted octanol–water partition coefficient (Wildman–Crippen LogP) is 4.45. The average molecular weight is 446 g/mol. The van der Waals surface area contributed by atoms with E-state index in [1.54, 1.807) is 26.4 Å². The number of hydrogen-bond donors (Lipinski definition) is 1. The number of imidazole rings is 1. The number of ether oxygens (including phenoxy) is 3. The molecule has 33 heavy (non-hydrogen) atoms. The van der Waals surface area contributed by atoms with Crippen LogP contribution in [0.1, 0.15) is 22.6 Å². The van der Waals surface area contributed by atoms with Crippen molar-refractivity contribution in [1.82, 2.24) is 14.9 Å². The molecule has 4 aromatic rings. The summed E-state index contributed by atoms with van der Waals surface area (Å²) in [5.41, 5.74) is 2.42. The van der Waals surface area contributed by atoms with Gasteiger partial charge in [-0.25, -0.2) is 4.98 Å². The summed E-state index contributed by atoms with van der Waals surface area (Å²) in [6.45, 7) is 1.57. The Morgan fingerprint density at radius 2 is 1.73 bits per heavy atom. The van der Waals surface area contributed by atoms with Gasteiger partial charge in [0.05, 0.1) is 44.0 Å². The number of amides is 1. The van der Waals surface area contributed by atoms with Crippen LogP contribution in [0.2, 0.25) is 0 Å². The predicted molar refractivity (Wildman–Crippen MR) is 127 cm³/mol. The minimum absolute atomic E-state index is 0.201. The molecular weight excluding hydrogens is 418 g/mol. The van der Waals surface area contributed by atoms with Crippen LogP contribution in [0, 0.1) is 0 Å². The highest BCUT2D eigenvalue weighted by Crippen LogP contribution is 2.21. The molecule has 0 saturated carbocycles. The molecule has 0 radical (unpaired) electrons. The molecule has 1 amide bonds. The zero-order valence-electron chi connectivity index (χ0n) is 18.8. The molecule has 0 atom stereocenters. The molecule has 170 valence electrons. The molecule has 0 bridgehead atoms. The van der Waals surface area contributed by atoms with Gasteiger partial charge in [0, 0.05) is 12.6 Å². The molecule has 1 aromatic heterocycles. The van der Waals surface area contributed by atoms with Gasteiger partial charge in [-0.1, -0.05) is 30.3 Å². The number of nitrogens with zero attached hydrogens (tertiary/aromatic N) is 2. The molecule has 1 N–H and O–H groups in total. The van der Waals surface area contributed by atoms with Crippen LogP contribution in [-0.2, 0) is 13.1 Å². The fraction of sp³-hybridized carbons (Fsp3) is 0.231. The van der Waals surface area contributed by atoms with E-state index in [1.165, 1.54) is 0 Å². The maximum Gasteiger partial charge on any atom is 0.255 e. The normalized spacial score (nSPS) is 10.7. The first-order valence-corrected chi connectivity index (χ1v) is 10.8. The summed E-state index contributed by atoms with van der Waals surface area (Å²) in [5.74, 6) is 2.67. The molecule has 0 aliphatic heterocycles. The van der Waals surface area contributed by atoms with Gasteiger partial charge in [-0.15, -0.1) is 0 Å². The second kappa shape index (κ2) is 10.5. The van der Waals surface area contributed by atoms with Crippen LogP contribution in [0.4, 0.5) is 0 Å². The third-order valence-electron chi connectivity index (χ3n) is 5.33. The molecular formula is C26H27N3O4. The van der Waals surface area contributed by atoms with Crippen molar-refractivity contribution in [3.8, 4) is 17.2 Å². The van der Waals surface area contributed by atoms with Gasteiger partial charge < -0.3 is 24.1 Å². The Morgan fingerprint density at radius 1 is 0.939 bits per heavy atom. The van der Waals surface area contributed by atoms with Crippen molar-refractivity contribution >= 4 is 16.9 Å². The van der Waals surface area contributed by atoms with Crippen LogP contribution < -0.4 is 19.5 Å². The Morgan fingerprint density at radius 3 is 2.58 bits per heavy atom. The zero-order valence-corrected chi connectivity index (χ0v) is 18.8. The first-order chi connectivity index (χ1) is 16.2. The van der Waals surface area contributed by atoms with Crippen molar-refractivity contribution in [2.75, 3.05) is 20.8 Å². The molecule has 4 rings (SSSR count). The maximum absolute atomic E-state index is 12.7. The number of hydrogen-bond acceptors (Lipinski definition) is 5. The van der Waals surface area contributed by atoms with Crippen LogP contribution in [0.25, 0.3) is 11.0 Å². The van der Waals surface area contributed by atoms with Crippen LogP contribution in [-0.4, -0.2) is 36.3 Å². The topological polar surface area (TPSA) is 74.6 Å². The van der Waals surface area contributed by atoms with Crippen molar-refractivity contribution in [2.24, 2.45) is 0 Å². The number of carbonyl (C=O) groups is 1. The number of rotatable bonds is 10. The molecule has 3 aromatic carbocycles. The highest BCUT2D eigenvalue weighted by atomic mass is 16.5. The van der Waals surface area contributed by atoms with E-state index in [1.807, 2.05) is 60.7 Å². The molecule has 0 aliphatic rings. The Labute approximate surface area is 192 Å². The molecule has 0 unspecified atom stereocenters. The fourth-order valence-corrected chi connectivity index (χ4v) is 3.70. The smallest absolute Gasteiger partial charge is 0.255 e. The molecule has 0 fully saturated rings. The van der Waals surface area contributed by atoms with Crippen molar-refractivity contribution in [2.45, 2.75) is 19.5 Å². The maximum atomic E-state index is 12.7. The molecule has 7 nitrogen and oxygen atoms in total. The molecule has 7 heteroatoms. The number of fused-ring (bicyclic) bond motifs is 1. The first-order valence-electron chi connectivity index (χ1n) is 10.8. The van der Waals surface area contributed by atoms with Gasteiger partial charge in [0.15, 0.2) is 0 Å². The van der Waals surface area contributed by atoms with Gasteiger partial charge in [0.1, 0.15) is 23.1 Å². The van der Waals surface area contributed by atoms with Gasteiger partial charge in [-0.3, -0.25) is 4.79 Å². The lowest BCUT2D eigenvalue weighted by molar-refractivity contribution is 0.0946. The van der Waals surface area contributed by atoms with E-state index in [2.05, 4.69) is 9.88 Å². The van der Waals surface area contributed by atoms with E-state index in [0.29, 0.717) is 31.0 Å². The SMILES string of the molecule is COc1cccc(OCCCn2c(CNC(=O)c3ccccc3OC)nc3ccccc32)c1. The van der Waals surface area contributed by atoms with Crippen molar-refractivity contribution < 1.29 is 19.0 Å². The quantitative estimate of drug-likeness (QED) is 0.365. The minimum atomic E-state index is -0.201. The van der Waals surface area contributed by atoms with Crippen molar-refractivity contribution in [1.29, 1.82) is 0 Å². The van der Waals surface area contributed by atoms with Gasteiger partial charge in [-0.2, -0.15) is 0 Å². The molecule has 0 spiro atoms. The number of aryl methyl sites for hydroxylation is 1. The van der Waals surface area contributed by atoms with Gasteiger partial charge in [0.25, 0.3) is 5.91 Å². The van der Waals surface area contributed by atoms with Crippen molar-refractivity contribution in [3.05, 3.63) is 84.2 Å². The van der Waals surface area contributed by atoms with E-state index in [4.69, 9.17) is 19.2 Å². The lowest BCUT2D eigenvalue weighted by atomic mass is 10.2. The lowest BCUT2D eigenvalue weighted by Gasteiger charge is -2.12. The Hall–Kier alpha value is -4.00. The van der Waals surface area contributed by atoms with Crippen LogP contribution in [0.3, 0.4) is 0 Å². The summed E-state index contributed by atoms with van der Waals surface area (Å²) in [7, 11) is 3.19. The third kappa shape index (κ3) is 5.26. The number of aromatic nitrogens is 2. The number of para-hydroxylation sites is 3. The van der Waals surface area contributed by atoms with Gasteiger partial charge in [-0.05, 0) is 42.8 Å². The number of carbonyl (C=O) groups excluding carboxylic acids is 1. The van der Waals surface area contributed by atoms with Crippen LogP contribution >= 0.6 is 0 Å². The first kappa shape index (κ1) is 22.2. The number of nitrogens with one attached hydrogen (secondary N) is 1. The summed E-state index contributed by atoms with van der Waals surface area (Å²) < 4.78 is 18.6. The summed E-state index contributed by atoms with van der Waals surface area (Å²) in [6.07, 6.45) is 0.783. The largest absolute Gasteiger partial charge is 0.497 e. The third-order valence-corrected chi connectivity index (χ3v) is 5.33. The zero-order chi connectivity index (χ0) is 23.0. The molecule has 0 saturated heterocycles. The second-order valence-corrected chi connectivity index (χ2v) is 7.43. The van der Waals surface area contributed by atoms with Crippen molar-refractivity contribution in [3.63, 3.8) is 0 Å². The van der Waals surface area contributed by atoms with Crippen LogP contribution in [0.15, 0.2) is 72.8 Å². The Balaban J connectivity index is 1.43. The number of methoxy groups -OCH3 is 2. The highest BCUT2D eigenvalue weighted by molar-refractivity contribution is 5.96. The average Bonchev–Trinajstić information content (AvgIpc) is 3.22. The second-order valence-electron chi connectivity index (χ2n) is 7.43. The van der Waals surface area contributed by atoms with Crippen LogP contribution in [0.5, 0.6) is 17.2 Å². The van der Waals surface area contributed by atoms with Gasteiger partial charge in [0.2, 0.25) is 0 Å². The van der Waals surface area contributed by atoms with E-state index in [9.17, 15) is 4.79 Å². The lowest BCUT2D eigenvalue weighted by Crippen LogP contribution is -2.25. The number of benzene rings is 3. The standard InChI is InChI=1S/C26H27N3O4/c1-31-19-9-7-10-20(17-19)33-16-8-15-29-23-13-5-4-12-22(23)28-25(29)18-27-26(30)21-11-3-6-14-24(21)32-2/h3-7,9-14,17H,8,15-16,18H2,1-2H3,(H,27,30). The Bertz CT molecular complexity index is 1240. The van der Waals surface area contributed by atoms with E-state index in [0.717, 1.165) is 34.8 Å². The van der Waals surface area contributed by atoms with E-state index >= 15 is 0 Å². The Kier molecular flexibility index (Phi) is 7.09. The van der Waals surface area contributed by atoms with E-state index in [-0.39, 0.29) is 5.91 Å². The minimum Gasteiger partial charge on any atom is -0.497 e. The fourth-order valence-electron chi connectivity index (χ4n) is 3.70. The highest BCUT2D eigenvalue weighted by Gasteiger charge is 2.14. The summed E-state index contributed by atoms with van der Waals surface area (Å²) in [6, 6.07) is 22.7.